The van der Waals surface area contributed by atoms with E-state index in [-0.39, 0.29) is 65.9 Å². The van der Waals surface area contributed by atoms with Gasteiger partial charge in [-0.15, -0.1) is 0 Å². The van der Waals surface area contributed by atoms with Gasteiger partial charge in [-0.2, -0.15) is 0 Å². The molecule has 0 aliphatic heterocycles. The first kappa shape index (κ1) is 16.0. The molecule has 0 aromatic carbocycles. The molecule has 0 rings (SSSR count). The van der Waals surface area contributed by atoms with Crippen molar-refractivity contribution in [2.75, 3.05) is 0 Å². The molecule has 0 bridgehead atoms. The standard InChI is InChI=1S/CH2O2.Ba.Cu/c2-1-3;;/h1H,(H,2,3);;/q;2*+2/p-1. The fourth-order valence-corrected chi connectivity index (χ4v) is 0. The molecule has 0 saturated carbocycles. The van der Waals surface area contributed by atoms with Gasteiger partial charge in [0.2, 0.25) is 0 Å². The average molecular weight is 246 g/mol. The molecule has 27 valence electrons. The summed E-state index contributed by atoms with van der Waals surface area (Å²) < 4.78 is 0. The summed E-state index contributed by atoms with van der Waals surface area (Å²) in [6.07, 6.45) is 0. The van der Waals surface area contributed by atoms with Crippen molar-refractivity contribution in [3.63, 3.8) is 0 Å². The van der Waals surface area contributed by atoms with E-state index in [4.69, 9.17) is 9.90 Å². The van der Waals surface area contributed by atoms with Crippen LogP contribution >= 0.6 is 0 Å². The van der Waals surface area contributed by atoms with Crippen molar-refractivity contribution in [2.24, 2.45) is 0 Å². The fourth-order valence-electron chi connectivity index (χ4n) is 0. The van der Waals surface area contributed by atoms with Gasteiger partial charge in [-0.3, -0.25) is 0 Å². The number of carbonyl (C=O) groups excluding carboxylic acids is 1. The van der Waals surface area contributed by atoms with Gasteiger partial charge < -0.3 is 9.90 Å². The van der Waals surface area contributed by atoms with Crippen LogP contribution in [0.3, 0.4) is 0 Å². The minimum atomic E-state index is -0.500. The van der Waals surface area contributed by atoms with Crippen LogP contribution in [-0.2, 0) is 21.9 Å². The van der Waals surface area contributed by atoms with E-state index in [2.05, 4.69) is 0 Å². The van der Waals surface area contributed by atoms with E-state index in [1.807, 2.05) is 0 Å². The first-order valence-electron chi connectivity index (χ1n) is 0.471. The van der Waals surface area contributed by atoms with Crippen LogP contribution in [0.15, 0.2) is 0 Å². The summed E-state index contributed by atoms with van der Waals surface area (Å²) in [7, 11) is 0. The Balaban J connectivity index is -0.0000000200. The van der Waals surface area contributed by atoms with Gasteiger partial charge in [-0.25, -0.2) is 0 Å². The molecule has 1 radical (unpaired) electrons. The molecule has 0 aliphatic rings. The molecule has 0 spiro atoms. The summed E-state index contributed by atoms with van der Waals surface area (Å²) in [5.74, 6) is 0. The summed E-state index contributed by atoms with van der Waals surface area (Å²) in [5, 5.41) is 8.25. The van der Waals surface area contributed by atoms with Crippen LogP contribution < -0.4 is 5.11 Å². The quantitative estimate of drug-likeness (QED) is 0.365. The van der Waals surface area contributed by atoms with Crippen LogP contribution in [-0.4, -0.2) is 55.4 Å². The first-order valence-corrected chi connectivity index (χ1v) is 0.471. The summed E-state index contributed by atoms with van der Waals surface area (Å²) in [5.41, 5.74) is 0. The SMILES string of the molecule is O=C[O-].[Ba+2].[Cu+2]. The number of carboxylic acid groups (broad SMARTS) is 1. The van der Waals surface area contributed by atoms with Crippen LogP contribution in [0.1, 0.15) is 0 Å². The normalized spacial score (nSPS) is 2.40. The van der Waals surface area contributed by atoms with Gasteiger partial charge in [-0.05, 0) is 0 Å². The molecule has 0 aromatic heterocycles. The predicted molar refractivity (Wildman–Crippen MR) is 11.8 cm³/mol. The Morgan fingerprint density at radius 2 is 1.60 bits per heavy atom. The monoisotopic (exact) mass is 246 g/mol. The van der Waals surface area contributed by atoms with Crippen LogP contribution in [0.5, 0.6) is 0 Å². The number of hydrogen-bond donors (Lipinski definition) is 0. The van der Waals surface area contributed by atoms with E-state index < -0.39 is 6.47 Å². The maximum absolute atomic E-state index is 8.25. The van der Waals surface area contributed by atoms with Crippen molar-refractivity contribution in [1.82, 2.24) is 0 Å². The Hall–Kier alpha value is 1.56. The van der Waals surface area contributed by atoms with E-state index >= 15 is 0 Å². The van der Waals surface area contributed by atoms with Crippen molar-refractivity contribution in [3.05, 3.63) is 0 Å². The molecule has 0 aromatic rings. The van der Waals surface area contributed by atoms with Crippen molar-refractivity contribution in [2.45, 2.75) is 0 Å². The Bertz CT molecular complexity index is 17.1. The zero-order valence-electron chi connectivity index (χ0n) is 2.40. The van der Waals surface area contributed by atoms with E-state index in [0.29, 0.717) is 0 Å². The Morgan fingerprint density at radius 3 is 1.60 bits per heavy atom. The summed E-state index contributed by atoms with van der Waals surface area (Å²) in [6, 6.07) is 0. The average Bonchev–Trinajstić information content (AvgIpc) is 0.918. The molecule has 0 aliphatic carbocycles. The van der Waals surface area contributed by atoms with Crippen molar-refractivity contribution in [1.29, 1.82) is 0 Å². The second-order valence-electron chi connectivity index (χ2n) is 0.0962. The van der Waals surface area contributed by atoms with Gasteiger partial charge in [-0.1, -0.05) is 0 Å². The van der Waals surface area contributed by atoms with Crippen molar-refractivity contribution < 1.29 is 27.0 Å². The zero-order chi connectivity index (χ0) is 2.71. The van der Waals surface area contributed by atoms with Gasteiger partial charge in [0, 0.05) is 6.47 Å². The Morgan fingerprint density at radius 1 is 1.60 bits per heavy atom. The van der Waals surface area contributed by atoms with E-state index in [1.54, 1.807) is 0 Å². The third-order valence-corrected chi connectivity index (χ3v) is 0. The molecule has 5 heavy (non-hydrogen) atoms. The van der Waals surface area contributed by atoms with Crippen molar-refractivity contribution in [3.8, 4) is 0 Å². The van der Waals surface area contributed by atoms with Gasteiger partial charge in [0.1, 0.15) is 0 Å². The van der Waals surface area contributed by atoms with Gasteiger partial charge in [0.25, 0.3) is 0 Å². The summed E-state index contributed by atoms with van der Waals surface area (Å²) in [4.78, 5) is 8.25. The van der Waals surface area contributed by atoms with Crippen LogP contribution in [0.4, 0.5) is 0 Å². The zero-order valence-corrected chi connectivity index (χ0v) is 7.78. The molecule has 0 amide bonds. The largest absolute Gasteiger partial charge is 2.00 e. The maximum atomic E-state index is 8.25. The first-order chi connectivity index (χ1) is 1.41. The molecule has 0 saturated heterocycles. The summed E-state index contributed by atoms with van der Waals surface area (Å²) >= 11 is 0. The number of carbonyl (C=O) groups is 1. The Kier molecular flexibility index (Phi) is 56.4. The maximum Gasteiger partial charge on any atom is 2.00 e. The van der Waals surface area contributed by atoms with Gasteiger partial charge >= 0.3 is 65.9 Å². The molecule has 2 nitrogen and oxygen atoms in total. The molecule has 0 N–H and O–H groups in total. The van der Waals surface area contributed by atoms with E-state index in [9.17, 15) is 0 Å². The number of rotatable bonds is 0. The molecule has 0 heterocycles. The van der Waals surface area contributed by atoms with Crippen LogP contribution in [0.25, 0.3) is 0 Å². The molecule has 0 fully saturated rings. The molecule has 0 atom stereocenters. The van der Waals surface area contributed by atoms with Gasteiger partial charge in [0.05, 0.1) is 0 Å². The molecule has 0 unspecified atom stereocenters. The molecular weight excluding hydrogens is 245 g/mol. The van der Waals surface area contributed by atoms with E-state index in [0.717, 1.165) is 0 Å². The van der Waals surface area contributed by atoms with Crippen LogP contribution in [0, 0.1) is 0 Å². The minimum Gasteiger partial charge on any atom is -0.554 e. The topological polar surface area (TPSA) is 40.1 Å². The second-order valence-corrected chi connectivity index (χ2v) is 0.0962. The third kappa shape index (κ3) is 28.9. The van der Waals surface area contributed by atoms with Crippen LogP contribution in [0.2, 0.25) is 0 Å². The van der Waals surface area contributed by atoms with Crippen molar-refractivity contribution >= 4 is 55.4 Å². The Labute approximate surface area is 80.9 Å². The third-order valence-electron chi connectivity index (χ3n) is 0. The second kappa shape index (κ2) is 17.6. The molecular formula is CHBaCuO2+3. The predicted octanol–water partition coefficient (Wildman–Crippen LogP) is -2.02. The van der Waals surface area contributed by atoms with Gasteiger partial charge in [0.15, 0.2) is 0 Å². The molecule has 4 heteroatoms. The minimum absolute atomic E-state index is 0. The van der Waals surface area contributed by atoms with E-state index in [1.165, 1.54) is 0 Å². The smallest absolute Gasteiger partial charge is 0.554 e. The fraction of sp³-hybridized carbons (Fsp3) is 0. The number of hydrogen-bond acceptors (Lipinski definition) is 2. The summed E-state index contributed by atoms with van der Waals surface area (Å²) in [6.45, 7) is -0.500.